The van der Waals surface area contributed by atoms with Gasteiger partial charge in [0.05, 0.1) is 12.0 Å². The van der Waals surface area contributed by atoms with Crippen molar-refractivity contribution >= 4 is 29.8 Å². The molecular formula is C30H37F7N4O16. The van der Waals surface area contributed by atoms with E-state index in [0.29, 0.717) is 23.8 Å². The van der Waals surface area contributed by atoms with Crippen molar-refractivity contribution in [2.24, 2.45) is 11.8 Å². The molecule has 6 atom stereocenters. The van der Waals surface area contributed by atoms with Crippen LogP contribution in [0.15, 0.2) is 0 Å². The largest absolute Gasteiger partial charge is 0.505 e. The lowest BCUT2D eigenvalue weighted by Gasteiger charge is -2.62. The zero-order valence-corrected chi connectivity index (χ0v) is 29.6. The lowest BCUT2D eigenvalue weighted by molar-refractivity contribution is -0.604. The fourth-order valence-electron chi connectivity index (χ4n) is 6.89. The fraction of sp³-hybridized carbons (Fsp3) is 0.633. The number of piperidine rings is 1. The van der Waals surface area contributed by atoms with Crippen molar-refractivity contribution in [3.05, 3.63) is 16.9 Å². The van der Waals surface area contributed by atoms with E-state index in [2.05, 4.69) is 0 Å². The number of hydrogen-bond donors (Lipinski definition) is 11. The number of likely N-dealkylation sites (tertiary alicyclic amines) is 1. The standard InChI is InChI=1S/C30H37F7N4O16/c1-9-15(21(46)23(48)17(31)19(9)44)14-7-12(41-29(54,55)27(50,51)40(11(3)43)28(52,53)30(41,56)57)5-6-39(14)25(49)38(4)10(2)13(8-42)20(45)16(26(35,36)37)22(47)18(32)24(33)34/h8,10,12-14,16,18,24,44,46,48,50-57H,5-7H2,1-4H3. The van der Waals surface area contributed by atoms with Crippen LogP contribution in [0.5, 0.6) is 17.2 Å². The third kappa shape index (κ3) is 7.42. The number of urea groups is 1. The molecule has 2 aliphatic rings. The van der Waals surface area contributed by atoms with Crippen LogP contribution in [0.25, 0.3) is 0 Å². The Kier molecular flexibility index (Phi) is 12.6. The summed E-state index contributed by atoms with van der Waals surface area (Å²) in [5.41, 5.74) is -1.60. The number of alkyl halides is 6. The Morgan fingerprint density at radius 3 is 1.77 bits per heavy atom. The summed E-state index contributed by atoms with van der Waals surface area (Å²) in [5.74, 6) is -38.7. The summed E-state index contributed by atoms with van der Waals surface area (Å²) in [7, 11) is 0.700. The van der Waals surface area contributed by atoms with Crippen LogP contribution in [-0.2, 0) is 19.2 Å². The minimum absolute atomic E-state index is 0.313. The van der Waals surface area contributed by atoms with Crippen molar-refractivity contribution in [1.82, 2.24) is 19.6 Å². The van der Waals surface area contributed by atoms with Crippen LogP contribution >= 0.6 is 0 Å². The normalized spacial score (nSPS) is 24.0. The summed E-state index contributed by atoms with van der Waals surface area (Å²) in [5, 5.41) is 118. The average molecular weight is 843 g/mol. The van der Waals surface area contributed by atoms with E-state index in [1.54, 1.807) is 0 Å². The Morgan fingerprint density at radius 2 is 1.35 bits per heavy atom. The first-order valence-electron chi connectivity index (χ1n) is 16.1. The van der Waals surface area contributed by atoms with E-state index in [1.807, 2.05) is 0 Å². The zero-order chi connectivity index (χ0) is 44.5. The quantitative estimate of drug-likeness (QED) is 0.0293. The molecule has 2 fully saturated rings. The number of nitrogens with zero attached hydrogens (tertiary/aromatic N) is 4. The molecule has 3 rings (SSSR count). The first-order chi connectivity index (χ1) is 25.7. The average Bonchev–Trinajstić information content (AvgIpc) is 3.07. The molecule has 2 aliphatic heterocycles. The number of carbonyl (C=O) groups is 5. The van der Waals surface area contributed by atoms with Crippen molar-refractivity contribution < 1.29 is 111 Å². The van der Waals surface area contributed by atoms with Crippen molar-refractivity contribution in [1.29, 1.82) is 0 Å². The van der Waals surface area contributed by atoms with Crippen LogP contribution in [0.4, 0.5) is 35.5 Å². The number of phenolic OH excluding ortho intramolecular Hbond substituents is 3. The molecule has 0 aliphatic carbocycles. The maximum Gasteiger partial charge on any atom is 0.405 e. The molecule has 2 saturated heterocycles. The second kappa shape index (κ2) is 15.4. The third-order valence-corrected chi connectivity index (χ3v) is 9.98. The zero-order valence-electron chi connectivity index (χ0n) is 29.6. The molecule has 6 unspecified atom stereocenters. The lowest BCUT2D eigenvalue weighted by Crippen LogP contribution is -2.92. The number of hydrogen-bond acceptors (Lipinski definition) is 17. The minimum Gasteiger partial charge on any atom is -0.505 e. The Bertz CT molecular complexity index is 1740. The summed E-state index contributed by atoms with van der Waals surface area (Å²) < 4.78 is 95.5. The topological polar surface area (TPSA) is 321 Å². The molecule has 0 radical (unpaired) electrons. The van der Waals surface area contributed by atoms with E-state index in [1.165, 1.54) is 0 Å². The van der Waals surface area contributed by atoms with Gasteiger partial charge in [-0.25, -0.2) is 22.9 Å². The molecule has 2 heterocycles. The van der Waals surface area contributed by atoms with Crippen molar-refractivity contribution in [2.45, 2.75) is 94.2 Å². The van der Waals surface area contributed by atoms with Crippen molar-refractivity contribution in [3.63, 3.8) is 0 Å². The highest BCUT2D eigenvalue weighted by atomic mass is 19.4. The molecule has 3 amide bonds. The van der Waals surface area contributed by atoms with Gasteiger partial charge in [-0.15, -0.1) is 0 Å². The van der Waals surface area contributed by atoms with Crippen LogP contribution < -0.4 is 0 Å². The number of ketones is 2. The van der Waals surface area contributed by atoms with Gasteiger partial charge in [-0.3, -0.25) is 14.4 Å². The molecule has 322 valence electrons. The second-order valence-electron chi connectivity index (χ2n) is 13.4. The van der Waals surface area contributed by atoms with Gasteiger partial charge in [0, 0.05) is 43.7 Å². The number of halogens is 7. The molecule has 0 bridgehead atoms. The molecule has 27 heteroatoms. The highest BCUT2D eigenvalue weighted by Crippen LogP contribution is 2.51. The van der Waals surface area contributed by atoms with Gasteiger partial charge in [-0.2, -0.15) is 22.5 Å². The SMILES string of the molecule is CC(=O)N1C(O)(O)C(O)(O)N(C2CCN(C(=O)N(C)C(C)C(C=O)C(=O)C(C(=O)C(F)C(F)F)C(F)(F)F)C(c3c(C)c(O)c(F)c(O)c3O)C2)C(O)(O)C1(O)O. The van der Waals surface area contributed by atoms with E-state index >= 15 is 0 Å². The minimum atomic E-state index is -6.04. The summed E-state index contributed by atoms with van der Waals surface area (Å²) in [6.07, 6.45) is -17.1. The lowest BCUT2D eigenvalue weighted by atomic mass is 9.84. The summed E-state index contributed by atoms with van der Waals surface area (Å²) in [6, 6.07) is -7.92. The van der Waals surface area contributed by atoms with Crippen molar-refractivity contribution in [2.75, 3.05) is 13.6 Å². The molecule has 11 N–H and O–H groups in total. The Hall–Kier alpha value is -4.48. The highest BCUT2D eigenvalue weighted by molar-refractivity contribution is 6.10. The molecule has 0 aromatic heterocycles. The van der Waals surface area contributed by atoms with E-state index in [0.717, 1.165) is 13.8 Å². The number of amides is 3. The van der Waals surface area contributed by atoms with Gasteiger partial charge in [0.2, 0.25) is 17.9 Å². The van der Waals surface area contributed by atoms with Crippen LogP contribution in [0.1, 0.15) is 43.9 Å². The number of aromatic hydroxyl groups is 3. The van der Waals surface area contributed by atoms with Crippen LogP contribution in [0.3, 0.4) is 0 Å². The monoisotopic (exact) mass is 842 g/mol. The molecule has 1 aromatic carbocycles. The number of piperazine rings is 1. The first kappa shape index (κ1) is 46.9. The molecule has 20 nitrogen and oxygen atoms in total. The molecule has 1 aromatic rings. The van der Waals surface area contributed by atoms with E-state index in [9.17, 15) is 111 Å². The van der Waals surface area contributed by atoms with Gasteiger partial charge in [-0.05, 0) is 26.7 Å². The summed E-state index contributed by atoms with van der Waals surface area (Å²) in [6.45, 7) is 0.972. The molecule has 57 heavy (non-hydrogen) atoms. The Labute approximate surface area is 314 Å². The van der Waals surface area contributed by atoms with Gasteiger partial charge in [0.1, 0.15) is 6.29 Å². The maximum atomic E-state index is 14.6. The van der Waals surface area contributed by atoms with E-state index < -0.39 is 166 Å². The molecule has 0 saturated carbocycles. The van der Waals surface area contributed by atoms with Crippen LogP contribution in [-0.4, -0.2) is 174 Å². The number of aldehydes is 1. The number of carbonyl (C=O) groups excluding carboxylic acids is 5. The van der Waals surface area contributed by atoms with Crippen LogP contribution in [0, 0.1) is 24.6 Å². The number of benzene rings is 1. The van der Waals surface area contributed by atoms with Gasteiger partial charge >= 0.3 is 35.9 Å². The first-order valence-corrected chi connectivity index (χ1v) is 16.1. The van der Waals surface area contributed by atoms with Gasteiger partial charge in [0.15, 0.2) is 34.7 Å². The number of rotatable bonds is 10. The van der Waals surface area contributed by atoms with E-state index in [4.69, 9.17) is 0 Å². The summed E-state index contributed by atoms with van der Waals surface area (Å²) in [4.78, 5) is 62.5. The third-order valence-electron chi connectivity index (χ3n) is 9.98. The fourth-order valence-corrected chi connectivity index (χ4v) is 6.89. The number of aliphatic hydroxyl groups is 8. The molecular weight excluding hydrogens is 805 g/mol. The Morgan fingerprint density at radius 1 is 0.860 bits per heavy atom. The second-order valence-corrected chi connectivity index (χ2v) is 13.4. The highest BCUT2D eigenvalue weighted by Gasteiger charge is 2.79. The molecule has 0 spiro atoms. The Balaban J connectivity index is 2.20. The van der Waals surface area contributed by atoms with Gasteiger partial charge in [0.25, 0.3) is 6.43 Å². The number of Topliss-reactive ketones (excluding diaryl/α,β-unsaturated/α-hetero) is 2. The maximum absolute atomic E-state index is 14.6. The van der Waals surface area contributed by atoms with Gasteiger partial charge in [-0.1, -0.05) is 0 Å². The van der Waals surface area contributed by atoms with Crippen LogP contribution in [0.2, 0.25) is 0 Å². The predicted molar refractivity (Wildman–Crippen MR) is 164 cm³/mol. The van der Waals surface area contributed by atoms with E-state index in [-0.39, 0.29) is 0 Å². The summed E-state index contributed by atoms with van der Waals surface area (Å²) >= 11 is 0. The predicted octanol–water partition coefficient (Wildman–Crippen LogP) is -2.35. The van der Waals surface area contributed by atoms with Gasteiger partial charge < -0.3 is 70.8 Å². The smallest absolute Gasteiger partial charge is 0.405 e. The number of phenols is 3. The van der Waals surface area contributed by atoms with Crippen molar-refractivity contribution in [3.8, 4) is 17.2 Å².